The van der Waals surface area contributed by atoms with Crippen LogP contribution in [0.2, 0.25) is 0 Å². The van der Waals surface area contributed by atoms with Crippen LogP contribution in [0.4, 0.5) is 0 Å². The summed E-state index contributed by atoms with van der Waals surface area (Å²) in [4.78, 5) is 7.07. The molecule has 0 radical (unpaired) electrons. The van der Waals surface area contributed by atoms with Crippen molar-refractivity contribution in [1.29, 1.82) is 0 Å². The van der Waals surface area contributed by atoms with Gasteiger partial charge in [-0.25, -0.2) is 0 Å². The number of benzene rings is 2. The molecule has 2 aromatic carbocycles. The van der Waals surface area contributed by atoms with Gasteiger partial charge in [-0.3, -0.25) is 4.72 Å². The summed E-state index contributed by atoms with van der Waals surface area (Å²) in [5, 5.41) is 4.70. The molecule has 3 N–H and O–H groups in total. The Morgan fingerprint density at radius 3 is 2.74 bits per heavy atom. The highest BCUT2D eigenvalue weighted by molar-refractivity contribution is 9.10. The van der Waals surface area contributed by atoms with Crippen LogP contribution in [0.5, 0.6) is 5.75 Å². The Morgan fingerprint density at radius 2 is 1.90 bits per heavy atom. The maximum Gasteiger partial charge on any atom is 0.119 e. The van der Waals surface area contributed by atoms with Crippen LogP contribution in [-0.2, 0) is 6.42 Å². The lowest BCUT2D eigenvalue weighted by atomic mass is 10.1. The van der Waals surface area contributed by atoms with Crippen molar-refractivity contribution in [2.45, 2.75) is 24.2 Å². The number of nitrogens with one attached hydrogen (secondary N) is 3. The molecule has 1 aromatic heterocycles. The molecule has 1 aliphatic heterocycles. The highest BCUT2D eigenvalue weighted by Crippen LogP contribution is 2.24. The zero-order chi connectivity index (χ0) is 21.3. The van der Waals surface area contributed by atoms with Gasteiger partial charge in [-0.1, -0.05) is 15.9 Å². The first kappa shape index (κ1) is 22.7. The molecule has 0 amide bonds. The van der Waals surface area contributed by atoms with E-state index < -0.39 is 0 Å². The summed E-state index contributed by atoms with van der Waals surface area (Å²) in [7, 11) is 0. The predicted molar refractivity (Wildman–Crippen MR) is 134 cm³/mol. The molecule has 0 bridgehead atoms. The molecule has 0 aliphatic carbocycles. The number of H-pyrrole nitrogens is 1. The molecule has 2 heterocycles. The number of halogens is 1. The molecule has 0 atom stereocenters. The van der Waals surface area contributed by atoms with Crippen molar-refractivity contribution in [3.8, 4) is 5.75 Å². The summed E-state index contributed by atoms with van der Waals surface area (Å²) in [6.45, 7) is 7.38. The van der Waals surface area contributed by atoms with Crippen molar-refractivity contribution in [2.24, 2.45) is 0 Å². The molecule has 4 rings (SSSR count). The number of piperazine rings is 1. The lowest BCUT2D eigenvalue weighted by Gasteiger charge is -2.26. The number of nitrogens with zero attached hydrogens (tertiary/aromatic N) is 1. The fraction of sp³-hybridized carbons (Fsp3) is 0.417. The van der Waals surface area contributed by atoms with Gasteiger partial charge in [0.25, 0.3) is 0 Å². The van der Waals surface area contributed by atoms with Gasteiger partial charge in [-0.2, -0.15) is 0 Å². The summed E-state index contributed by atoms with van der Waals surface area (Å²) >= 11 is 5.25. The number of fused-ring (bicyclic) bond motifs is 1. The number of ether oxygens (including phenoxy) is 1. The van der Waals surface area contributed by atoms with Crippen LogP contribution in [-0.4, -0.2) is 55.8 Å². The van der Waals surface area contributed by atoms with Gasteiger partial charge < -0.3 is 19.9 Å². The van der Waals surface area contributed by atoms with E-state index in [2.05, 4.69) is 84.5 Å². The molecular formula is C24H31BrN4OS. The van der Waals surface area contributed by atoms with Crippen molar-refractivity contribution >= 4 is 38.8 Å². The van der Waals surface area contributed by atoms with Crippen LogP contribution in [0.25, 0.3) is 10.9 Å². The molecule has 3 aromatic rings. The van der Waals surface area contributed by atoms with E-state index >= 15 is 0 Å². The van der Waals surface area contributed by atoms with Crippen LogP contribution < -0.4 is 14.8 Å². The van der Waals surface area contributed by atoms with E-state index in [-0.39, 0.29) is 0 Å². The molecule has 0 spiro atoms. The molecule has 1 saturated heterocycles. The fourth-order valence-electron chi connectivity index (χ4n) is 3.86. The summed E-state index contributed by atoms with van der Waals surface area (Å²) in [5.74, 6) is 0.954. The van der Waals surface area contributed by atoms with Gasteiger partial charge in [0.1, 0.15) is 5.75 Å². The number of aromatic amines is 1. The first-order valence-electron chi connectivity index (χ1n) is 11.1. The standard InChI is InChI=1S/C24H31BrN4OS/c25-20-4-9-24-23(17-20)19(18-27-24)3-1-10-28-31-22-7-5-21(6-8-22)30-16-2-13-29-14-11-26-12-15-29/h4-9,17-18,26-28H,1-3,10-16H2. The van der Waals surface area contributed by atoms with E-state index in [4.69, 9.17) is 4.74 Å². The smallest absolute Gasteiger partial charge is 0.119 e. The van der Waals surface area contributed by atoms with E-state index in [1.165, 1.54) is 21.4 Å². The SMILES string of the molecule is Brc1ccc2[nH]cc(CCCNSc3ccc(OCCCN4CCNCC4)cc3)c2c1. The third-order valence-corrected chi connectivity index (χ3v) is 6.91. The van der Waals surface area contributed by atoms with Gasteiger partial charge >= 0.3 is 0 Å². The van der Waals surface area contributed by atoms with Gasteiger partial charge in [-0.15, -0.1) is 0 Å². The molecule has 31 heavy (non-hydrogen) atoms. The summed E-state index contributed by atoms with van der Waals surface area (Å²) in [5.41, 5.74) is 2.58. The van der Waals surface area contributed by atoms with Crippen LogP contribution >= 0.6 is 27.9 Å². The van der Waals surface area contributed by atoms with Crippen molar-refractivity contribution in [3.63, 3.8) is 0 Å². The maximum atomic E-state index is 5.90. The molecule has 166 valence electrons. The first-order valence-corrected chi connectivity index (χ1v) is 12.7. The minimum Gasteiger partial charge on any atom is -0.494 e. The Balaban J connectivity index is 1.11. The van der Waals surface area contributed by atoms with E-state index in [0.29, 0.717) is 0 Å². The predicted octanol–water partition coefficient (Wildman–Crippen LogP) is 4.83. The first-order chi connectivity index (χ1) is 15.3. The second kappa shape index (κ2) is 11.9. The van der Waals surface area contributed by atoms with Crippen LogP contribution in [0, 0.1) is 0 Å². The molecule has 1 aliphatic rings. The van der Waals surface area contributed by atoms with Crippen molar-refractivity contribution < 1.29 is 4.74 Å². The van der Waals surface area contributed by atoms with Crippen molar-refractivity contribution in [1.82, 2.24) is 19.9 Å². The molecule has 1 fully saturated rings. The van der Waals surface area contributed by atoms with Crippen LogP contribution in [0.3, 0.4) is 0 Å². The van der Waals surface area contributed by atoms with Gasteiger partial charge in [0.05, 0.1) is 6.61 Å². The third kappa shape index (κ3) is 6.99. The second-order valence-corrected chi connectivity index (χ2v) is 9.75. The topological polar surface area (TPSA) is 52.3 Å². The van der Waals surface area contributed by atoms with E-state index in [0.717, 1.165) is 75.4 Å². The molecule has 5 nitrogen and oxygen atoms in total. The highest BCUT2D eigenvalue weighted by atomic mass is 79.9. The minimum atomic E-state index is 0.777. The summed E-state index contributed by atoms with van der Waals surface area (Å²) in [6, 6.07) is 14.8. The average molecular weight is 504 g/mol. The number of rotatable bonds is 11. The highest BCUT2D eigenvalue weighted by Gasteiger charge is 2.08. The van der Waals surface area contributed by atoms with Crippen LogP contribution in [0.1, 0.15) is 18.4 Å². The van der Waals surface area contributed by atoms with Crippen molar-refractivity contribution in [2.75, 3.05) is 45.9 Å². The summed E-state index contributed by atoms with van der Waals surface area (Å²) in [6.07, 6.45) is 5.36. The lowest BCUT2D eigenvalue weighted by Crippen LogP contribution is -2.43. The van der Waals surface area contributed by atoms with Crippen LogP contribution in [0.15, 0.2) is 58.0 Å². The molecule has 0 saturated carbocycles. The zero-order valence-corrected chi connectivity index (χ0v) is 20.2. The van der Waals surface area contributed by atoms with E-state index in [1.54, 1.807) is 11.9 Å². The van der Waals surface area contributed by atoms with Gasteiger partial charge in [0.15, 0.2) is 0 Å². The summed E-state index contributed by atoms with van der Waals surface area (Å²) < 4.78 is 10.5. The maximum absolute atomic E-state index is 5.90. The fourth-order valence-corrected chi connectivity index (χ4v) is 4.91. The largest absolute Gasteiger partial charge is 0.494 e. The zero-order valence-electron chi connectivity index (χ0n) is 17.8. The molecule has 7 heteroatoms. The number of hydrogen-bond acceptors (Lipinski definition) is 5. The van der Waals surface area contributed by atoms with E-state index in [1.807, 2.05) is 0 Å². The average Bonchev–Trinajstić information content (AvgIpc) is 3.20. The van der Waals surface area contributed by atoms with Gasteiger partial charge in [0, 0.05) is 65.7 Å². The quantitative estimate of drug-likeness (QED) is 0.259. The monoisotopic (exact) mass is 502 g/mol. The molecule has 0 unspecified atom stereocenters. The Bertz CT molecular complexity index is 940. The number of hydrogen-bond donors (Lipinski definition) is 3. The number of aryl methyl sites for hydroxylation is 1. The lowest BCUT2D eigenvalue weighted by molar-refractivity contribution is 0.214. The normalized spacial score (nSPS) is 14.9. The van der Waals surface area contributed by atoms with Gasteiger partial charge in [0.2, 0.25) is 0 Å². The van der Waals surface area contributed by atoms with E-state index in [9.17, 15) is 0 Å². The number of aromatic nitrogens is 1. The van der Waals surface area contributed by atoms with Gasteiger partial charge in [-0.05, 0) is 79.2 Å². The Labute approximate surface area is 197 Å². The molecular weight excluding hydrogens is 472 g/mol. The Hall–Kier alpha value is -1.51. The Morgan fingerprint density at radius 1 is 1.06 bits per heavy atom. The van der Waals surface area contributed by atoms with Crippen molar-refractivity contribution in [3.05, 3.63) is 58.7 Å². The third-order valence-electron chi connectivity index (χ3n) is 5.57. The Kier molecular flexibility index (Phi) is 8.72. The second-order valence-electron chi connectivity index (χ2n) is 7.87. The minimum absolute atomic E-state index is 0.777.